The van der Waals surface area contributed by atoms with Crippen LogP contribution in [-0.4, -0.2) is 11.9 Å². The topological polar surface area (TPSA) is 24.4 Å². The second kappa shape index (κ2) is 3.06. The van der Waals surface area contributed by atoms with E-state index in [1.807, 2.05) is 6.92 Å². The van der Waals surface area contributed by atoms with E-state index in [4.69, 9.17) is 11.6 Å². The average Bonchev–Trinajstić information content (AvgIpc) is 1.95. The molecule has 10 heavy (non-hydrogen) atoms. The van der Waals surface area contributed by atoms with Gasteiger partial charge in [0, 0.05) is 12.6 Å². The van der Waals surface area contributed by atoms with E-state index in [1.165, 1.54) is 0 Å². The second-order valence-electron chi connectivity index (χ2n) is 2.31. The Morgan fingerprint density at radius 3 is 3.00 bits per heavy atom. The van der Waals surface area contributed by atoms with Crippen LogP contribution in [0, 0.1) is 0 Å². The Labute approximate surface area is 66.0 Å². The number of nitrogens with one attached hydrogen (secondary N) is 1. The van der Waals surface area contributed by atoms with Gasteiger partial charge >= 0.3 is 0 Å². The molecule has 0 radical (unpaired) electrons. The summed E-state index contributed by atoms with van der Waals surface area (Å²) in [6.45, 7) is 4.08. The van der Waals surface area contributed by atoms with Gasteiger partial charge in [0.15, 0.2) is 0 Å². The zero-order valence-electron chi connectivity index (χ0n) is 6.19. The predicted octanol–water partition coefficient (Wildman–Crippen LogP) is 1.87. The fourth-order valence-corrected chi connectivity index (χ4v) is 0.904. The molecule has 0 aromatic rings. The zero-order chi connectivity index (χ0) is 7.56. The highest BCUT2D eigenvalue weighted by Gasteiger charge is 2.10. The van der Waals surface area contributed by atoms with Crippen LogP contribution in [0.3, 0.4) is 0 Å². The van der Waals surface area contributed by atoms with Gasteiger partial charge in [0.1, 0.15) is 5.84 Å². The minimum absolute atomic E-state index is 0.231. The van der Waals surface area contributed by atoms with Gasteiger partial charge in [-0.1, -0.05) is 18.5 Å². The molecule has 1 aliphatic rings. The van der Waals surface area contributed by atoms with E-state index in [0.29, 0.717) is 0 Å². The van der Waals surface area contributed by atoms with E-state index in [0.717, 1.165) is 17.3 Å². The number of aliphatic imine (C=N–C) groups is 1. The van der Waals surface area contributed by atoms with Crippen LogP contribution in [0.25, 0.3) is 0 Å². The minimum atomic E-state index is 0.231. The molecule has 1 unspecified atom stereocenters. The standard InChI is InChI=1S/C7H11ClN2/c1-3-7-9-4-6(8)5(2)10-7/h4-5H,3H2,1-2H3,(H,9,10). The molecule has 1 atom stereocenters. The summed E-state index contributed by atoms with van der Waals surface area (Å²) in [4.78, 5) is 4.09. The van der Waals surface area contributed by atoms with Gasteiger partial charge in [0.05, 0.1) is 11.1 Å². The molecule has 0 aliphatic carbocycles. The van der Waals surface area contributed by atoms with Crippen molar-refractivity contribution < 1.29 is 0 Å². The van der Waals surface area contributed by atoms with Crippen LogP contribution in [-0.2, 0) is 0 Å². The summed E-state index contributed by atoms with van der Waals surface area (Å²) in [6, 6.07) is 0.231. The van der Waals surface area contributed by atoms with Gasteiger partial charge < -0.3 is 5.32 Å². The van der Waals surface area contributed by atoms with Crippen LogP contribution in [0.15, 0.2) is 16.2 Å². The van der Waals surface area contributed by atoms with Crippen molar-refractivity contribution in [2.45, 2.75) is 26.3 Å². The molecule has 56 valence electrons. The molecule has 0 bridgehead atoms. The summed E-state index contributed by atoms with van der Waals surface area (Å²) in [5.74, 6) is 1.01. The van der Waals surface area contributed by atoms with Crippen LogP contribution in [0.2, 0.25) is 0 Å². The Balaban J connectivity index is 2.68. The molecule has 1 rings (SSSR count). The van der Waals surface area contributed by atoms with Crippen molar-refractivity contribution >= 4 is 17.4 Å². The molecule has 1 heterocycles. The summed E-state index contributed by atoms with van der Waals surface area (Å²) in [5.41, 5.74) is 0. The third-order valence-corrected chi connectivity index (χ3v) is 1.90. The third kappa shape index (κ3) is 1.51. The largest absolute Gasteiger partial charge is 0.366 e. The Hall–Kier alpha value is -0.500. The third-order valence-electron chi connectivity index (χ3n) is 1.48. The molecule has 0 aromatic heterocycles. The first kappa shape index (κ1) is 7.61. The maximum absolute atomic E-state index is 5.78. The Kier molecular flexibility index (Phi) is 2.33. The van der Waals surface area contributed by atoms with Crippen LogP contribution in [0.5, 0.6) is 0 Å². The number of rotatable bonds is 1. The predicted molar refractivity (Wildman–Crippen MR) is 44.3 cm³/mol. The average molecular weight is 159 g/mol. The summed E-state index contributed by atoms with van der Waals surface area (Å²) in [7, 11) is 0. The number of halogens is 1. The van der Waals surface area contributed by atoms with Crippen molar-refractivity contribution in [1.29, 1.82) is 0 Å². The zero-order valence-corrected chi connectivity index (χ0v) is 6.94. The van der Waals surface area contributed by atoms with Crippen LogP contribution >= 0.6 is 11.6 Å². The Bertz CT molecular complexity index is 184. The lowest BCUT2D eigenvalue weighted by atomic mass is 10.2. The molecule has 1 aliphatic heterocycles. The molecular formula is C7H11ClN2. The Morgan fingerprint density at radius 2 is 2.50 bits per heavy atom. The molecule has 0 spiro atoms. The quantitative estimate of drug-likeness (QED) is 0.619. The van der Waals surface area contributed by atoms with Gasteiger partial charge in [-0.15, -0.1) is 0 Å². The van der Waals surface area contributed by atoms with Gasteiger partial charge in [-0.2, -0.15) is 0 Å². The highest BCUT2D eigenvalue weighted by Crippen LogP contribution is 2.11. The van der Waals surface area contributed by atoms with E-state index in [-0.39, 0.29) is 6.04 Å². The van der Waals surface area contributed by atoms with Crippen LogP contribution in [0.4, 0.5) is 0 Å². The fourth-order valence-electron chi connectivity index (χ4n) is 0.801. The van der Waals surface area contributed by atoms with E-state index in [2.05, 4.69) is 17.2 Å². The van der Waals surface area contributed by atoms with Gasteiger partial charge in [0.2, 0.25) is 0 Å². The van der Waals surface area contributed by atoms with Gasteiger partial charge in [-0.3, -0.25) is 0 Å². The monoisotopic (exact) mass is 158 g/mol. The molecule has 2 nitrogen and oxygen atoms in total. The van der Waals surface area contributed by atoms with E-state index >= 15 is 0 Å². The smallest absolute Gasteiger partial charge is 0.102 e. The highest BCUT2D eigenvalue weighted by atomic mass is 35.5. The van der Waals surface area contributed by atoms with Crippen molar-refractivity contribution in [2.24, 2.45) is 4.99 Å². The lowest BCUT2D eigenvalue weighted by Gasteiger charge is -2.18. The van der Waals surface area contributed by atoms with Crippen molar-refractivity contribution in [3.8, 4) is 0 Å². The number of hydrogen-bond acceptors (Lipinski definition) is 2. The summed E-state index contributed by atoms with van der Waals surface area (Å²) < 4.78 is 0. The highest BCUT2D eigenvalue weighted by molar-refractivity contribution is 6.30. The molecule has 0 fully saturated rings. The van der Waals surface area contributed by atoms with E-state index in [9.17, 15) is 0 Å². The summed E-state index contributed by atoms with van der Waals surface area (Å²) in [5, 5.41) is 3.94. The molecule has 0 saturated heterocycles. The van der Waals surface area contributed by atoms with Crippen molar-refractivity contribution in [3.63, 3.8) is 0 Å². The van der Waals surface area contributed by atoms with Gasteiger partial charge in [-0.25, -0.2) is 4.99 Å². The molecule has 0 saturated carbocycles. The molecule has 0 amide bonds. The molecular weight excluding hydrogens is 148 g/mol. The maximum Gasteiger partial charge on any atom is 0.102 e. The minimum Gasteiger partial charge on any atom is -0.366 e. The van der Waals surface area contributed by atoms with E-state index in [1.54, 1.807) is 6.20 Å². The second-order valence-corrected chi connectivity index (χ2v) is 2.75. The van der Waals surface area contributed by atoms with Gasteiger partial charge in [-0.05, 0) is 6.92 Å². The SMILES string of the molecule is CCC1=NC=C(Cl)C(C)N1. The van der Waals surface area contributed by atoms with Crippen molar-refractivity contribution in [1.82, 2.24) is 5.32 Å². The normalized spacial score (nSPS) is 24.9. The maximum atomic E-state index is 5.78. The molecule has 0 aromatic carbocycles. The van der Waals surface area contributed by atoms with Crippen molar-refractivity contribution in [3.05, 3.63) is 11.2 Å². The van der Waals surface area contributed by atoms with Gasteiger partial charge in [0.25, 0.3) is 0 Å². The van der Waals surface area contributed by atoms with Crippen molar-refractivity contribution in [2.75, 3.05) is 0 Å². The first-order chi connectivity index (χ1) is 4.74. The lowest BCUT2D eigenvalue weighted by Crippen LogP contribution is -2.34. The first-order valence-electron chi connectivity index (χ1n) is 3.42. The number of amidine groups is 1. The first-order valence-corrected chi connectivity index (χ1v) is 3.80. The molecule has 1 N–H and O–H groups in total. The lowest BCUT2D eigenvalue weighted by molar-refractivity contribution is 0.762. The van der Waals surface area contributed by atoms with Crippen LogP contribution in [0.1, 0.15) is 20.3 Å². The van der Waals surface area contributed by atoms with Crippen LogP contribution < -0.4 is 5.32 Å². The van der Waals surface area contributed by atoms with E-state index < -0.39 is 0 Å². The summed E-state index contributed by atoms with van der Waals surface area (Å²) in [6.07, 6.45) is 2.65. The fraction of sp³-hybridized carbons (Fsp3) is 0.571. The molecule has 3 heteroatoms. The Morgan fingerprint density at radius 1 is 1.80 bits per heavy atom. The number of hydrogen-bond donors (Lipinski definition) is 1. The summed E-state index contributed by atoms with van der Waals surface area (Å²) >= 11 is 5.78. The number of nitrogens with zero attached hydrogens (tertiary/aromatic N) is 1.